The van der Waals surface area contributed by atoms with Crippen LogP contribution in [0.2, 0.25) is 0 Å². The summed E-state index contributed by atoms with van der Waals surface area (Å²) in [7, 11) is 0. The third kappa shape index (κ3) is 3.35. The second-order valence-corrected chi connectivity index (χ2v) is 11.8. The summed E-state index contributed by atoms with van der Waals surface area (Å²) in [6.07, 6.45) is 0. The number of hydrogen-bond donors (Lipinski definition) is 0. The number of anilines is 3. The number of rotatable bonds is 4. The monoisotopic (exact) mass is 573 g/mol. The zero-order valence-corrected chi connectivity index (χ0v) is 24.4. The summed E-state index contributed by atoms with van der Waals surface area (Å²) in [6, 6.07) is 59.3. The van der Waals surface area contributed by atoms with Crippen molar-refractivity contribution in [2.24, 2.45) is 0 Å². The summed E-state index contributed by atoms with van der Waals surface area (Å²) in [5.41, 5.74) is 12.0. The van der Waals surface area contributed by atoms with Gasteiger partial charge < -0.3 is 4.90 Å². The highest BCUT2D eigenvalue weighted by molar-refractivity contribution is 6.24. The molecular weight excluding hydrogens is 546 g/mol. The van der Waals surface area contributed by atoms with E-state index in [0.717, 1.165) is 17.1 Å². The molecule has 3 nitrogen and oxygen atoms in total. The van der Waals surface area contributed by atoms with E-state index in [1.807, 2.05) is 0 Å². The number of para-hydroxylation sites is 4. The van der Waals surface area contributed by atoms with Crippen LogP contribution in [0.15, 0.2) is 164 Å². The van der Waals surface area contributed by atoms with Crippen molar-refractivity contribution in [3.05, 3.63) is 164 Å². The molecule has 10 aromatic rings. The third-order valence-corrected chi connectivity index (χ3v) is 9.39. The molecule has 0 aliphatic rings. The van der Waals surface area contributed by atoms with Gasteiger partial charge in [0.1, 0.15) is 5.65 Å². The standard InChI is InChI=1S/C42H27N3/c1-2-16-30(17-3-1)43(36-25-11-14-28-13-4-5-19-32(28)36)31-18-10-15-29(27-31)33-22-12-26-39-41(33)45-38-24-9-7-21-35(38)40-34-20-6-8-23-37(34)44(39)42(40)45/h1-27H. The van der Waals surface area contributed by atoms with Crippen LogP contribution in [0, 0.1) is 0 Å². The molecular formula is C42H27N3. The molecule has 0 bridgehead atoms. The van der Waals surface area contributed by atoms with Gasteiger partial charge in [0.15, 0.2) is 0 Å². The summed E-state index contributed by atoms with van der Waals surface area (Å²) in [5.74, 6) is 0. The summed E-state index contributed by atoms with van der Waals surface area (Å²) < 4.78 is 4.95. The molecule has 0 N–H and O–H groups in total. The molecule has 210 valence electrons. The Kier molecular flexibility index (Phi) is 5.00. The molecule has 0 amide bonds. The van der Waals surface area contributed by atoms with Crippen molar-refractivity contribution in [1.29, 1.82) is 0 Å². The first-order valence-electron chi connectivity index (χ1n) is 15.5. The van der Waals surface area contributed by atoms with Crippen molar-refractivity contribution < 1.29 is 0 Å². The Bertz CT molecular complexity index is 2700. The van der Waals surface area contributed by atoms with Crippen LogP contribution in [0.5, 0.6) is 0 Å². The van der Waals surface area contributed by atoms with Crippen molar-refractivity contribution in [2.75, 3.05) is 4.90 Å². The van der Waals surface area contributed by atoms with Gasteiger partial charge in [0.05, 0.1) is 27.8 Å². The number of nitrogens with zero attached hydrogens (tertiary/aromatic N) is 3. The fourth-order valence-electron chi connectivity index (χ4n) is 7.57. The minimum Gasteiger partial charge on any atom is -0.310 e. The molecule has 0 radical (unpaired) electrons. The Morgan fingerprint density at radius 3 is 1.84 bits per heavy atom. The van der Waals surface area contributed by atoms with Gasteiger partial charge in [0.2, 0.25) is 0 Å². The molecule has 45 heavy (non-hydrogen) atoms. The van der Waals surface area contributed by atoms with Crippen LogP contribution < -0.4 is 4.90 Å². The smallest absolute Gasteiger partial charge is 0.131 e. The van der Waals surface area contributed by atoms with Gasteiger partial charge in [-0.3, -0.25) is 8.80 Å². The van der Waals surface area contributed by atoms with Crippen molar-refractivity contribution in [3.8, 4) is 11.1 Å². The number of fused-ring (bicyclic) bond motifs is 10. The van der Waals surface area contributed by atoms with E-state index in [1.54, 1.807) is 0 Å². The summed E-state index contributed by atoms with van der Waals surface area (Å²) in [4.78, 5) is 2.38. The highest BCUT2D eigenvalue weighted by Crippen LogP contribution is 2.45. The van der Waals surface area contributed by atoms with Crippen LogP contribution in [0.3, 0.4) is 0 Å². The highest BCUT2D eigenvalue weighted by atomic mass is 15.1. The number of benzene rings is 7. The van der Waals surface area contributed by atoms with E-state index in [9.17, 15) is 0 Å². The van der Waals surface area contributed by atoms with Gasteiger partial charge in [0.25, 0.3) is 0 Å². The first-order valence-corrected chi connectivity index (χ1v) is 15.5. The lowest BCUT2D eigenvalue weighted by atomic mass is 10.0. The first-order chi connectivity index (χ1) is 22.4. The normalized spacial score (nSPS) is 12.0. The molecule has 0 atom stereocenters. The zero-order chi connectivity index (χ0) is 29.5. The molecule has 0 saturated heterocycles. The van der Waals surface area contributed by atoms with Gasteiger partial charge in [-0.05, 0) is 59.5 Å². The molecule has 0 unspecified atom stereocenters. The van der Waals surface area contributed by atoms with Gasteiger partial charge >= 0.3 is 0 Å². The number of imidazole rings is 1. The van der Waals surface area contributed by atoms with Gasteiger partial charge in [-0.15, -0.1) is 0 Å². The topological polar surface area (TPSA) is 12.1 Å². The van der Waals surface area contributed by atoms with E-state index in [0.29, 0.717) is 0 Å². The van der Waals surface area contributed by atoms with Crippen LogP contribution in [0.25, 0.3) is 65.8 Å². The summed E-state index contributed by atoms with van der Waals surface area (Å²) >= 11 is 0. The van der Waals surface area contributed by atoms with Gasteiger partial charge in [0, 0.05) is 38.5 Å². The van der Waals surface area contributed by atoms with E-state index in [1.165, 1.54) is 65.8 Å². The molecule has 0 aliphatic carbocycles. The zero-order valence-electron chi connectivity index (χ0n) is 24.4. The fourth-order valence-corrected chi connectivity index (χ4v) is 7.57. The van der Waals surface area contributed by atoms with E-state index in [-0.39, 0.29) is 0 Å². The summed E-state index contributed by atoms with van der Waals surface area (Å²) in [5, 5.41) is 6.37. The van der Waals surface area contributed by atoms with E-state index in [4.69, 9.17) is 0 Å². The molecule has 0 spiro atoms. The molecule has 7 aromatic carbocycles. The molecule has 10 rings (SSSR count). The highest BCUT2D eigenvalue weighted by Gasteiger charge is 2.24. The Balaban J connectivity index is 1.27. The number of hydrogen-bond acceptors (Lipinski definition) is 1. The first kappa shape index (κ1) is 24.4. The number of aromatic nitrogens is 2. The SMILES string of the molecule is c1ccc(N(c2cccc(-c3cccc4c3n3c5ccccc5c5c6ccccc6n4c53)c2)c2cccc3ccccc23)cc1. The molecule has 3 heteroatoms. The fraction of sp³-hybridized carbons (Fsp3) is 0. The Labute approximate surface area is 259 Å². The maximum Gasteiger partial charge on any atom is 0.131 e. The average molecular weight is 574 g/mol. The lowest BCUT2D eigenvalue weighted by molar-refractivity contribution is 1.28. The van der Waals surface area contributed by atoms with Crippen molar-refractivity contribution in [2.45, 2.75) is 0 Å². The molecule has 0 fully saturated rings. The molecule has 3 aromatic heterocycles. The largest absolute Gasteiger partial charge is 0.310 e. The molecule has 0 aliphatic heterocycles. The van der Waals surface area contributed by atoms with Crippen molar-refractivity contribution >= 4 is 71.7 Å². The minimum atomic E-state index is 1.12. The minimum absolute atomic E-state index is 1.12. The second kappa shape index (κ2) is 9.22. The predicted octanol–water partition coefficient (Wildman–Crippen LogP) is 11.4. The van der Waals surface area contributed by atoms with Gasteiger partial charge in [-0.25, -0.2) is 0 Å². The van der Waals surface area contributed by atoms with Crippen LogP contribution >= 0.6 is 0 Å². The average Bonchev–Trinajstić information content (AvgIpc) is 3.74. The molecule has 3 heterocycles. The summed E-state index contributed by atoms with van der Waals surface area (Å²) in [6.45, 7) is 0. The third-order valence-electron chi connectivity index (χ3n) is 9.39. The van der Waals surface area contributed by atoms with E-state index >= 15 is 0 Å². The van der Waals surface area contributed by atoms with Crippen LogP contribution in [-0.2, 0) is 0 Å². The lowest BCUT2D eigenvalue weighted by Crippen LogP contribution is -2.10. The quantitative estimate of drug-likeness (QED) is 0.204. The van der Waals surface area contributed by atoms with Crippen LogP contribution in [0.1, 0.15) is 0 Å². The van der Waals surface area contributed by atoms with Crippen molar-refractivity contribution in [1.82, 2.24) is 8.80 Å². The van der Waals surface area contributed by atoms with Gasteiger partial charge in [-0.1, -0.05) is 115 Å². The predicted molar refractivity (Wildman–Crippen MR) is 190 cm³/mol. The maximum atomic E-state index is 2.49. The van der Waals surface area contributed by atoms with Gasteiger partial charge in [-0.2, -0.15) is 0 Å². The lowest BCUT2D eigenvalue weighted by Gasteiger charge is -2.27. The second-order valence-electron chi connectivity index (χ2n) is 11.8. The van der Waals surface area contributed by atoms with E-state index < -0.39 is 0 Å². The van der Waals surface area contributed by atoms with Crippen LogP contribution in [-0.4, -0.2) is 8.80 Å². The Hall–Kier alpha value is -6.06. The Morgan fingerprint density at radius 1 is 0.422 bits per heavy atom. The van der Waals surface area contributed by atoms with Crippen molar-refractivity contribution in [3.63, 3.8) is 0 Å². The van der Waals surface area contributed by atoms with Crippen LogP contribution in [0.4, 0.5) is 17.1 Å². The molecule has 0 saturated carbocycles. The maximum absolute atomic E-state index is 2.49. The van der Waals surface area contributed by atoms with E-state index in [2.05, 4.69) is 177 Å². The Morgan fingerprint density at radius 2 is 1.02 bits per heavy atom.